The fraction of sp³-hybridized carbons (Fsp3) is 0.714. The summed E-state index contributed by atoms with van der Waals surface area (Å²) in [5.74, 6) is 1.76. The van der Waals surface area contributed by atoms with Crippen LogP contribution < -0.4 is 0 Å². The number of aryl methyl sites for hydroxylation is 2. The Hall–Kier alpha value is -1.12. The number of hydrogen-bond donors (Lipinski definition) is 0. The van der Waals surface area contributed by atoms with Gasteiger partial charge in [0.2, 0.25) is 0 Å². The first-order chi connectivity index (χ1) is 7.80. The highest BCUT2D eigenvalue weighted by Crippen LogP contribution is 2.28. The summed E-state index contributed by atoms with van der Waals surface area (Å²) in [6, 6.07) is 0. The fourth-order valence-electron chi connectivity index (χ4n) is 1.64. The molecule has 0 bridgehead atoms. The molecule has 3 nitrogen and oxygen atoms in total. The normalized spacial score (nSPS) is 13.7. The minimum atomic E-state index is 0.207. The van der Waals surface area contributed by atoms with Crippen LogP contribution in [-0.2, 0) is 18.3 Å². The minimum Gasteiger partial charge on any atom is -0.338 e. The monoisotopic (exact) mass is 236 g/mol. The van der Waals surface area contributed by atoms with Gasteiger partial charge >= 0.3 is 0 Å². The minimum absolute atomic E-state index is 0.207. The molecule has 1 unspecified atom stereocenters. The molecule has 17 heavy (non-hydrogen) atoms. The number of Topliss-reactive ketones (excluding diaryl/α,β-unsaturated/α-hetero) is 1. The first kappa shape index (κ1) is 13.9. The molecule has 0 amide bonds. The van der Waals surface area contributed by atoms with E-state index in [1.165, 1.54) is 0 Å². The van der Waals surface area contributed by atoms with Crippen molar-refractivity contribution < 1.29 is 4.79 Å². The summed E-state index contributed by atoms with van der Waals surface area (Å²) in [7, 11) is 1.96. The predicted molar refractivity (Wildman–Crippen MR) is 69.8 cm³/mol. The van der Waals surface area contributed by atoms with Gasteiger partial charge in [-0.25, -0.2) is 4.98 Å². The molecule has 0 aromatic carbocycles. The van der Waals surface area contributed by atoms with Gasteiger partial charge in [-0.3, -0.25) is 4.79 Å². The number of imidazole rings is 1. The molecule has 0 aliphatic rings. The number of nitrogens with zero attached hydrogens (tertiary/aromatic N) is 2. The summed E-state index contributed by atoms with van der Waals surface area (Å²) in [5, 5.41) is 0. The molecular formula is C14H24N2O. The van der Waals surface area contributed by atoms with Crippen molar-refractivity contribution in [3.63, 3.8) is 0 Å². The Balaban J connectivity index is 2.39. The van der Waals surface area contributed by atoms with Crippen LogP contribution in [0.4, 0.5) is 0 Å². The third-order valence-electron chi connectivity index (χ3n) is 3.56. The second kappa shape index (κ2) is 5.48. The number of rotatable bonds is 5. The largest absolute Gasteiger partial charge is 0.338 e. The van der Waals surface area contributed by atoms with Crippen molar-refractivity contribution in [2.45, 2.75) is 47.0 Å². The number of carbonyl (C=O) groups excluding carboxylic acids is 1. The van der Waals surface area contributed by atoms with Crippen molar-refractivity contribution in [1.29, 1.82) is 0 Å². The van der Waals surface area contributed by atoms with E-state index in [2.05, 4.69) is 32.7 Å². The van der Waals surface area contributed by atoms with E-state index in [1.54, 1.807) is 6.20 Å². The third-order valence-corrected chi connectivity index (χ3v) is 3.56. The molecule has 1 atom stereocenters. The van der Waals surface area contributed by atoms with E-state index in [9.17, 15) is 4.79 Å². The van der Waals surface area contributed by atoms with Gasteiger partial charge < -0.3 is 4.57 Å². The lowest BCUT2D eigenvalue weighted by molar-refractivity contribution is -0.120. The van der Waals surface area contributed by atoms with Gasteiger partial charge in [-0.05, 0) is 11.3 Å². The van der Waals surface area contributed by atoms with Gasteiger partial charge in [0.15, 0.2) is 0 Å². The summed E-state index contributed by atoms with van der Waals surface area (Å²) in [6.45, 7) is 8.70. The van der Waals surface area contributed by atoms with Crippen LogP contribution in [0, 0.1) is 11.3 Å². The zero-order valence-corrected chi connectivity index (χ0v) is 11.7. The Labute approximate surface area is 104 Å². The molecule has 1 aromatic rings. The Morgan fingerprint density at radius 2 is 2.12 bits per heavy atom. The molecule has 0 saturated heterocycles. The van der Waals surface area contributed by atoms with Crippen LogP contribution in [0.15, 0.2) is 12.4 Å². The average Bonchev–Trinajstić information content (AvgIpc) is 2.59. The number of ketones is 1. The van der Waals surface area contributed by atoms with E-state index in [4.69, 9.17) is 0 Å². The zero-order chi connectivity index (χ0) is 13.1. The first-order valence-electron chi connectivity index (χ1n) is 6.28. The van der Waals surface area contributed by atoms with Gasteiger partial charge in [0, 0.05) is 38.7 Å². The molecule has 3 heteroatoms. The molecule has 0 aliphatic carbocycles. The maximum atomic E-state index is 11.9. The first-order valence-corrected chi connectivity index (χ1v) is 6.28. The van der Waals surface area contributed by atoms with Crippen LogP contribution in [0.1, 0.15) is 46.4 Å². The van der Waals surface area contributed by atoms with Crippen molar-refractivity contribution in [1.82, 2.24) is 9.55 Å². The van der Waals surface area contributed by atoms with Crippen molar-refractivity contribution in [3.8, 4) is 0 Å². The number of aromatic nitrogens is 2. The second-order valence-corrected chi connectivity index (χ2v) is 5.96. The molecular weight excluding hydrogens is 212 g/mol. The second-order valence-electron chi connectivity index (χ2n) is 5.96. The maximum absolute atomic E-state index is 11.9. The van der Waals surface area contributed by atoms with Crippen molar-refractivity contribution in [2.75, 3.05) is 0 Å². The van der Waals surface area contributed by atoms with E-state index >= 15 is 0 Å². The topological polar surface area (TPSA) is 34.9 Å². The van der Waals surface area contributed by atoms with E-state index in [0.717, 1.165) is 12.2 Å². The summed E-state index contributed by atoms with van der Waals surface area (Å²) in [4.78, 5) is 16.1. The van der Waals surface area contributed by atoms with Crippen LogP contribution in [0.25, 0.3) is 0 Å². The van der Waals surface area contributed by atoms with Gasteiger partial charge in [-0.2, -0.15) is 0 Å². The van der Waals surface area contributed by atoms with E-state index in [1.807, 2.05) is 17.8 Å². The standard InChI is InChI=1S/C14H24N2O/c1-11(14(2,3)4)10-12(17)6-7-13-15-8-9-16(13)5/h8-9,11H,6-7,10H2,1-5H3. The summed E-state index contributed by atoms with van der Waals surface area (Å²) < 4.78 is 1.97. The summed E-state index contributed by atoms with van der Waals surface area (Å²) >= 11 is 0. The lowest BCUT2D eigenvalue weighted by Crippen LogP contribution is -2.20. The molecule has 1 rings (SSSR count). The lowest BCUT2D eigenvalue weighted by Gasteiger charge is -2.26. The fourth-order valence-corrected chi connectivity index (χ4v) is 1.64. The van der Waals surface area contributed by atoms with E-state index in [0.29, 0.717) is 24.5 Å². The molecule has 0 aliphatic heterocycles. The van der Waals surface area contributed by atoms with Crippen LogP contribution >= 0.6 is 0 Å². The predicted octanol–water partition coefficient (Wildman–Crippen LogP) is 2.99. The van der Waals surface area contributed by atoms with Crippen LogP contribution in [0.2, 0.25) is 0 Å². The summed E-state index contributed by atoms with van der Waals surface area (Å²) in [6.07, 6.45) is 5.72. The Morgan fingerprint density at radius 1 is 1.47 bits per heavy atom. The summed E-state index contributed by atoms with van der Waals surface area (Å²) in [5.41, 5.74) is 0.207. The average molecular weight is 236 g/mol. The number of carbonyl (C=O) groups is 1. The van der Waals surface area contributed by atoms with Crippen molar-refractivity contribution in [2.24, 2.45) is 18.4 Å². The van der Waals surface area contributed by atoms with Crippen LogP contribution in [0.3, 0.4) is 0 Å². The highest BCUT2D eigenvalue weighted by molar-refractivity contribution is 5.78. The Morgan fingerprint density at radius 3 is 2.59 bits per heavy atom. The molecule has 0 spiro atoms. The number of hydrogen-bond acceptors (Lipinski definition) is 2. The molecule has 1 aromatic heterocycles. The quantitative estimate of drug-likeness (QED) is 0.787. The zero-order valence-electron chi connectivity index (χ0n) is 11.7. The smallest absolute Gasteiger partial charge is 0.133 e. The van der Waals surface area contributed by atoms with Gasteiger partial charge in [-0.1, -0.05) is 27.7 Å². The van der Waals surface area contributed by atoms with Gasteiger partial charge in [0.05, 0.1) is 0 Å². The van der Waals surface area contributed by atoms with Gasteiger partial charge in [0.1, 0.15) is 11.6 Å². The van der Waals surface area contributed by atoms with E-state index < -0.39 is 0 Å². The van der Waals surface area contributed by atoms with Crippen molar-refractivity contribution >= 4 is 5.78 Å². The molecule has 0 fully saturated rings. The van der Waals surface area contributed by atoms with E-state index in [-0.39, 0.29) is 5.41 Å². The third kappa shape index (κ3) is 4.33. The molecule has 1 heterocycles. The molecule has 0 N–H and O–H groups in total. The van der Waals surface area contributed by atoms with Gasteiger partial charge in [-0.15, -0.1) is 0 Å². The molecule has 0 saturated carbocycles. The molecule has 0 radical (unpaired) electrons. The van der Waals surface area contributed by atoms with Crippen molar-refractivity contribution in [3.05, 3.63) is 18.2 Å². The van der Waals surface area contributed by atoms with Gasteiger partial charge in [0.25, 0.3) is 0 Å². The highest BCUT2D eigenvalue weighted by atomic mass is 16.1. The SMILES string of the molecule is CC(CC(=O)CCc1nccn1C)C(C)(C)C. The Bertz CT molecular complexity index is 374. The highest BCUT2D eigenvalue weighted by Gasteiger charge is 2.22. The Kier molecular flexibility index (Phi) is 4.49. The maximum Gasteiger partial charge on any atom is 0.133 e. The van der Waals surface area contributed by atoms with Crippen LogP contribution in [-0.4, -0.2) is 15.3 Å². The lowest BCUT2D eigenvalue weighted by atomic mass is 9.79. The van der Waals surface area contributed by atoms with Crippen LogP contribution in [0.5, 0.6) is 0 Å². The molecule has 96 valence electrons.